The molecule has 0 bridgehead atoms. The molecule has 0 aromatic heterocycles. The van der Waals surface area contributed by atoms with Crippen molar-refractivity contribution in [2.24, 2.45) is 0 Å². The molecule has 1 aliphatic carbocycles. The van der Waals surface area contributed by atoms with Gasteiger partial charge in [0.25, 0.3) is 0 Å². The molecule has 0 N–H and O–H groups in total. The summed E-state index contributed by atoms with van der Waals surface area (Å²) < 4.78 is 9.99. The Hall–Kier alpha value is -2.78. The third-order valence-electron chi connectivity index (χ3n) is 6.04. The van der Waals surface area contributed by atoms with Crippen molar-refractivity contribution < 1.29 is 14.3 Å². The third kappa shape index (κ3) is 5.29. The number of hydrogen-bond donors (Lipinski definition) is 0. The molecule has 0 unspecified atom stereocenters. The molecule has 3 nitrogen and oxygen atoms in total. The van der Waals surface area contributed by atoms with Crippen molar-refractivity contribution in [1.82, 2.24) is 0 Å². The number of ether oxygens (including phenoxy) is 2. The summed E-state index contributed by atoms with van der Waals surface area (Å²) in [4.78, 5) is 11.2. The molecule has 3 aromatic rings. The summed E-state index contributed by atoms with van der Waals surface area (Å²) in [5.74, 6) is 0.919. The zero-order chi connectivity index (χ0) is 21.6. The van der Waals surface area contributed by atoms with Gasteiger partial charge in [0.05, 0.1) is 7.11 Å². The number of esters is 1. The van der Waals surface area contributed by atoms with Crippen LogP contribution in [0.5, 0.6) is 5.75 Å². The maximum atomic E-state index is 11.2. The molecule has 31 heavy (non-hydrogen) atoms. The molecular formula is C27H27ClO3. The Morgan fingerprint density at radius 1 is 0.871 bits per heavy atom. The zero-order valence-electron chi connectivity index (χ0n) is 17.8. The van der Waals surface area contributed by atoms with Gasteiger partial charge in [-0.1, -0.05) is 79.4 Å². The number of carbonyl (C=O) groups is 1. The van der Waals surface area contributed by atoms with Crippen molar-refractivity contribution in [3.05, 3.63) is 77.3 Å². The van der Waals surface area contributed by atoms with Crippen LogP contribution in [0.15, 0.2) is 66.7 Å². The van der Waals surface area contributed by atoms with Gasteiger partial charge in [-0.15, -0.1) is 0 Å². The van der Waals surface area contributed by atoms with Gasteiger partial charge in [-0.3, -0.25) is 0 Å². The Morgan fingerprint density at radius 2 is 1.52 bits per heavy atom. The van der Waals surface area contributed by atoms with Gasteiger partial charge in [-0.2, -0.15) is 0 Å². The first-order valence-corrected chi connectivity index (χ1v) is 11.2. The monoisotopic (exact) mass is 434 g/mol. The van der Waals surface area contributed by atoms with E-state index in [1.54, 1.807) is 0 Å². The van der Waals surface area contributed by atoms with Crippen molar-refractivity contribution in [1.29, 1.82) is 0 Å². The number of rotatable bonds is 6. The predicted molar refractivity (Wildman–Crippen MR) is 126 cm³/mol. The topological polar surface area (TPSA) is 35.5 Å². The average Bonchev–Trinajstić information content (AvgIpc) is 2.83. The average molecular weight is 435 g/mol. The van der Waals surface area contributed by atoms with Gasteiger partial charge in [0.2, 0.25) is 0 Å². The fraction of sp³-hybridized carbons (Fsp3) is 0.296. The molecule has 0 amide bonds. The van der Waals surface area contributed by atoms with Crippen LogP contribution < -0.4 is 4.74 Å². The molecule has 3 aromatic carbocycles. The molecular weight excluding hydrogens is 408 g/mol. The Balaban J connectivity index is 1.47. The van der Waals surface area contributed by atoms with E-state index in [0.29, 0.717) is 16.7 Å². The van der Waals surface area contributed by atoms with E-state index in [1.165, 1.54) is 50.3 Å². The molecule has 160 valence electrons. The van der Waals surface area contributed by atoms with E-state index in [1.807, 2.05) is 30.3 Å². The molecule has 0 atom stereocenters. The van der Waals surface area contributed by atoms with Crippen molar-refractivity contribution in [2.75, 3.05) is 13.7 Å². The molecule has 1 saturated carbocycles. The fourth-order valence-electron chi connectivity index (χ4n) is 4.24. The summed E-state index contributed by atoms with van der Waals surface area (Å²) >= 11 is 6.64. The van der Waals surface area contributed by atoms with Crippen LogP contribution in [0.4, 0.5) is 0 Å². The first-order valence-electron chi connectivity index (χ1n) is 10.8. The highest BCUT2D eigenvalue weighted by atomic mass is 35.5. The van der Waals surface area contributed by atoms with Gasteiger partial charge in [0.15, 0.2) is 6.61 Å². The molecule has 0 heterocycles. The van der Waals surface area contributed by atoms with Crippen LogP contribution in [0, 0.1) is 0 Å². The summed E-state index contributed by atoms with van der Waals surface area (Å²) in [6, 6.07) is 22.7. The lowest BCUT2D eigenvalue weighted by molar-refractivity contribution is -0.142. The summed E-state index contributed by atoms with van der Waals surface area (Å²) in [7, 11) is 1.34. The number of carbonyl (C=O) groups excluding carboxylic acids is 1. The minimum absolute atomic E-state index is 0.106. The number of methoxy groups -OCH3 is 1. The molecule has 4 heteroatoms. The lowest BCUT2D eigenvalue weighted by Gasteiger charge is -2.22. The normalized spacial score (nSPS) is 14.3. The van der Waals surface area contributed by atoms with Crippen molar-refractivity contribution in [3.63, 3.8) is 0 Å². The number of hydrogen-bond acceptors (Lipinski definition) is 3. The van der Waals surface area contributed by atoms with E-state index in [0.717, 1.165) is 16.7 Å². The molecule has 0 spiro atoms. The van der Waals surface area contributed by atoms with E-state index in [2.05, 4.69) is 41.1 Å². The lowest BCUT2D eigenvalue weighted by Crippen LogP contribution is -2.12. The van der Waals surface area contributed by atoms with E-state index < -0.39 is 5.97 Å². The van der Waals surface area contributed by atoms with E-state index >= 15 is 0 Å². The van der Waals surface area contributed by atoms with Crippen molar-refractivity contribution in [2.45, 2.75) is 38.0 Å². The van der Waals surface area contributed by atoms with Crippen molar-refractivity contribution >= 4 is 17.6 Å². The molecule has 0 aliphatic heterocycles. The van der Waals surface area contributed by atoms with Crippen LogP contribution in [-0.2, 0) is 9.53 Å². The Morgan fingerprint density at radius 3 is 2.16 bits per heavy atom. The van der Waals surface area contributed by atoms with E-state index in [-0.39, 0.29) is 6.61 Å². The molecule has 1 aliphatic rings. The highest BCUT2D eigenvalue weighted by molar-refractivity contribution is 6.33. The number of halogens is 1. The quantitative estimate of drug-likeness (QED) is 0.382. The Bertz CT molecular complexity index is 1020. The van der Waals surface area contributed by atoms with Crippen LogP contribution in [0.2, 0.25) is 5.02 Å². The second-order valence-electron chi connectivity index (χ2n) is 8.04. The van der Waals surface area contributed by atoms with Gasteiger partial charge in [0.1, 0.15) is 5.75 Å². The minimum Gasteiger partial charge on any atom is -0.482 e. The van der Waals surface area contributed by atoms with Crippen LogP contribution in [-0.4, -0.2) is 19.7 Å². The predicted octanol–water partition coefficient (Wildman–Crippen LogP) is 7.27. The fourth-order valence-corrected chi connectivity index (χ4v) is 4.53. The highest BCUT2D eigenvalue weighted by Gasteiger charge is 2.15. The van der Waals surface area contributed by atoms with Crippen LogP contribution in [0.3, 0.4) is 0 Å². The smallest absolute Gasteiger partial charge is 0.343 e. The third-order valence-corrected chi connectivity index (χ3v) is 6.35. The maximum Gasteiger partial charge on any atom is 0.343 e. The summed E-state index contributed by atoms with van der Waals surface area (Å²) in [5.41, 5.74) is 5.71. The Kier molecular flexibility index (Phi) is 6.93. The second-order valence-corrected chi connectivity index (χ2v) is 8.45. The number of benzene rings is 3. The molecule has 0 radical (unpaired) electrons. The van der Waals surface area contributed by atoms with Gasteiger partial charge in [-0.05, 0) is 59.2 Å². The van der Waals surface area contributed by atoms with Gasteiger partial charge in [-0.25, -0.2) is 4.79 Å². The van der Waals surface area contributed by atoms with Gasteiger partial charge >= 0.3 is 5.97 Å². The lowest BCUT2D eigenvalue weighted by atomic mass is 9.83. The van der Waals surface area contributed by atoms with E-state index in [4.69, 9.17) is 16.3 Å². The Labute approximate surface area is 189 Å². The highest BCUT2D eigenvalue weighted by Crippen LogP contribution is 2.35. The summed E-state index contributed by atoms with van der Waals surface area (Å²) in [6.45, 7) is -0.106. The minimum atomic E-state index is -0.408. The molecule has 4 rings (SSSR count). The van der Waals surface area contributed by atoms with Gasteiger partial charge < -0.3 is 9.47 Å². The first-order chi connectivity index (χ1) is 15.1. The SMILES string of the molecule is COC(=O)COc1ccc(-c2ccc(-c3ccc(C4CCCCC4)cc3)cc2Cl)cc1. The van der Waals surface area contributed by atoms with Crippen LogP contribution in [0.25, 0.3) is 22.3 Å². The maximum absolute atomic E-state index is 11.2. The standard InChI is InChI=1S/C27H27ClO3/c1-30-27(29)18-31-24-14-11-22(12-15-24)25-16-13-23(17-26(25)28)21-9-7-20(8-10-21)19-5-3-2-4-6-19/h7-17,19H,2-6,18H2,1H3. The van der Waals surface area contributed by atoms with Gasteiger partial charge in [0, 0.05) is 10.6 Å². The summed E-state index contributed by atoms with van der Waals surface area (Å²) in [5, 5.41) is 0.706. The van der Waals surface area contributed by atoms with Crippen LogP contribution >= 0.6 is 11.6 Å². The van der Waals surface area contributed by atoms with Crippen molar-refractivity contribution in [3.8, 4) is 28.0 Å². The zero-order valence-corrected chi connectivity index (χ0v) is 18.5. The largest absolute Gasteiger partial charge is 0.482 e. The van der Waals surface area contributed by atoms with Crippen LogP contribution in [0.1, 0.15) is 43.6 Å². The van der Waals surface area contributed by atoms with E-state index in [9.17, 15) is 4.79 Å². The summed E-state index contributed by atoms with van der Waals surface area (Å²) in [6.07, 6.45) is 6.70. The first kappa shape index (κ1) is 21.5. The molecule has 1 fully saturated rings. The second kappa shape index (κ2) is 10.0. The molecule has 0 saturated heterocycles.